The third-order valence-electron chi connectivity index (χ3n) is 9.97. The lowest BCUT2D eigenvalue weighted by Crippen LogP contribution is -2.61. The molecule has 5 aromatic carbocycles. The van der Waals surface area contributed by atoms with E-state index >= 15 is 0 Å². The van der Waals surface area contributed by atoms with E-state index in [1.807, 2.05) is 0 Å². The minimum Gasteiger partial charge on any atom is -0.490 e. The summed E-state index contributed by atoms with van der Waals surface area (Å²) in [7, 11) is 0. The third-order valence-corrected chi connectivity index (χ3v) is 9.97. The van der Waals surface area contributed by atoms with E-state index in [2.05, 4.69) is 155 Å². The minimum atomic E-state index is 0.0226. The molecule has 0 amide bonds. The Kier molecular flexibility index (Phi) is 6.77. The third kappa shape index (κ3) is 4.90. The molecular weight excluding hydrogens is 575 g/mol. The molecule has 0 unspecified atom stereocenters. The molecule has 0 bridgehead atoms. The van der Waals surface area contributed by atoms with E-state index in [0.717, 1.165) is 23.6 Å². The van der Waals surface area contributed by atoms with E-state index in [-0.39, 0.29) is 17.5 Å². The fraction of sp³-hybridized carbons (Fsp3) is 0.286. The first kappa shape index (κ1) is 29.7. The Hall–Kier alpha value is -4.64. The molecule has 0 fully saturated rings. The van der Waals surface area contributed by atoms with Crippen molar-refractivity contribution in [3.63, 3.8) is 0 Å². The Bertz CT molecular complexity index is 2020. The summed E-state index contributed by atoms with van der Waals surface area (Å²) in [6, 6.07) is 36.5. The number of benzene rings is 5. The summed E-state index contributed by atoms with van der Waals surface area (Å²) in [4.78, 5) is 4.93. The molecule has 8 rings (SSSR count). The number of fused-ring (bicyclic) bond motifs is 5. The average molecular weight is 619 g/mol. The maximum Gasteiger partial charge on any atom is 0.252 e. The fourth-order valence-electron chi connectivity index (χ4n) is 7.51. The quantitative estimate of drug-likeness (QED) is 0.181. The van der Waals surface area contributed by atoms with Crippen LogP contribution in [0.4, 0.5) is 34.1 Å². The van der Waals surface area contributed by atoms with Crippen LogP contribution in [-0.2, 0) is 10.8 Å². The van der Waals surface area contributed by atoms with Crippen LogP contribution in [0.2, 0.25) is 0 Å². The SMILES string of the molecule is Cc1cc2c3c(c1)N(c1ccc(C(C)(C)C)cc1)c1ccc(C(C)(C)C)cc1B3c1ccccc1N2c1ccc2c(c1)OCCCO2. The molecule has 0 spiro atoms. The molecular formula is C42H43BN2O2. The Morgan fingerprint density at radius 3 is 1.85 bits per heavy atom. The van der Waals surface area contributed by atoms with E-state index < -0.39 is 0 Å². The Balaban J connectivity index is 1.41. The molecule has 0 aromatic heterocycles. The van der Waals surface area contributed by atoms with Gasteiger partial charge in [-0.25, -0.2) is 0 Å². The highest BCUT2D eigenvalue weighted by Gasteiger charge is 2.43. The van der Waals surface area contributed by atoms with Crippen LogP contribution in [-0.4, -0.2) is 19.9 Å². The van der Waals surface area contributed by atoms with Gasteiger partial charge in [-0.2, -0.15) is 0 Å². The molecule has 236 valence electrons. The first-order valence-corrected chi connectivity index (χ1v) is 17.0. The summed E-state index contributed by atoms with van der Waals surface area (Å²) in [5.74, 6) is 1.62. The highest BCUT2D eigenvalue weighted by atomic mass is 16.5. The molecule has 0 saturated carbocycles. The maximum absolute atomic E-state index is 6.20. The van der Waals surface area contributed by atoms with Crippen molar-refractivity contribution in [1.82, 2.24) is 0 Å². The normalized spacial score (nSPS) is 15.1. The van der Waals surface area contributed by atoms with Crippen LogP contribution in [0.1, 0.15) is 64.7 Å². The number of aryl methyl sites for hydroxylation is 1. The van der Waals surface area contributed by atoms with Crippen LogP contribution in [0.5, 0.6) is 11.5 Å². The van der Waals surface area contributed by atoms with Gasteiger partial charge in [0.1, 0.15) is 0 Å². The lowest BCUT2D eigenvalue weighted by atomic mass is 9.33. The van der Waals surface area contributed by atoms with Gasteiger partial charge in [0.15, 0.2) is 11.5 Å². The zero-order valence-corrected chi connectivity index (χ0v) is 28.6. The van der Waals surface area contributed by atoms with E-state index in [9.17, 15) is 0 Å². The lowest BCUT2D eigenvalue weighted by Gasteiger charge is -2.44. The van der Waals surface area contributed by atoms with Gasteiger partial charge in [0.25, 0.3) is 6.71 Å². The van der Waals surface area contributed by atoms with Crippen LogP contribution >= 0.6 is 0 Å². The average Bonchev–Trinajstić information content (AvgIpc) is 3.28. The van der Waals surface area contributed by atoms with Crippen LogP contribution < -0.4 is 35.7 Å². The Morgan fingerprint density at radius 1 is 0.553 bits per heavy atom. The van der Waals surface area contributed by atoms with E-state index in [1.54, 1.807) is 0 Å². The largest absolute Gasteiger partial charge is 0.490 e. The van der Waals surface area contributed by atoms with Crippen molar-refractivity contribution in [2.75, 3.05) is 23.0 Å². The standard InChI is InChI=1S/C42H43BN2O2/c1-27-23-36-40-37(24-27)45(31-18-20-38-39(26-31)47-22-10-21-46-38)34-12-9-8-11-32(34)43(40)33-25-29(42(5,6)7)15-19-35(33)44(36)30-16-13-28(14-17-30)41(2,3)4/h8-9,11-20,23-26H,10,21-22H2,1-7H3. The molecule has 5 heteroatoms. The second kappa shape index (κ2) is 10.7. The van der Waals surface area contributed by atoms with Crippen molar-refractivity contribution >= 4 is 57.2 Å². The molecule has 5 aromatic rings. The summed E-state index contributed by atoms with van der Waals surface area (Å²) in [5, 5.41) is 0. The van der Waals surface area contributed by atoms with Crippen LogP contribution in [0.3, 0.4) is 0 Å². The number of hydrogen-bond acceptors (Lipinski definition) is 4. The van der Waals surface area contributed by atoms with Crippen LogP contribution in [0, 0.1) is 6.92 Å². The highest BCUT2D eigenvalue weighted by molar-refractivity contribution is 7.00. The van der Waals surface area contributed by atoms with Gasteiger partial charge >= 0.3 is 0 Å². The lowest BCUT2D eigenvalue weighted by molar-refractivity contribution is 0.297. The highest BCUT2D eigenvalue weighted by Crippen LogP contribution is 2.46. The van der Waals surface area contributed by atoms with Crippen molar-refractivity contribution in [3.05, 3.63) is 114 Å². The molecule has 3 aliphatic heterocycles. The van der Waals surface area contributed by atoms with E-state index in [0.29, 0.717) is 13.2 Å². The molecule has 0 atom stereocenters. The number of hydrogen-bond donors (Lipinski definition) is 0. The van der Waals surface area contributed by atoms with Crippen molar-refractivity contribution in [1.29, 1.82) is 0 Å². The van der Waals surface area contributed by atoms with Gasteiger partial charge in [-0.3, -0.25) is 0 Å². The summed E-state index contributed by atoms with van der Waals surface area (Å²) >= 11 is 0. The van der Waals surface area contributed by atoms with Gasteiger partial charge in [-0.05, 0) is 99.4 Å². The minimum absolute atomic E-state index is 0.0226. The first-order chi connectivity index (χ1) is 22.5. The second-order valence-corrected chi connectivity index (χ2v) is 15.4. The van der Waals surface area contributed by atoms with Gasteiger partial charge in [0.2, 0.25) is 0 Å². The van der Waals surface area contributed by atoms with Gasteiger partial charge in [0, 0.05) is 40.9 Å². The van der Waals surface area contributed by atoms with Crippen molar-refractivity contribution in [2.45, 2.75) is 65.7 Å². The number of para-hydroxylation sites is 1. The molecule has 47 heavy (non-hydrogen) atoms. The number of anilines is 6. The van der Waals surface area contributed by atoms with Crippen LogP contribution in [0.15, 0.2) is 97.1 Å². The summed E-state index contributed by atoms with van der Waals surface area (Å²) in [5.41, 5.74) is 15.1. The van der Waals surface area contributed by atoms with Crippen LogP contribution in [0.25, 0.3) is 0 Å². The molecule has 0 N–H and O–H groups in total. The fourth-order valence-corrected chi connectivity index (χ4v) is 7.51. The first-order valence-electron chi connectivity index (χ1n) is 17.0. The van der Waals surface area contributed by atoms with Gasteiger partial charge in [-0.1, -0.05) is 84.0 Å². The predicted octanol–water partition coefficient (Wildman–Crippen LogP) is 8.83. The molecule has 3 aliphatic rings. The Morgan fingerprint density at radius 2 is 1.15 bits per heavy atom. The molecule has 0 aliphatic carbocycles. The maximum atomic E-state index is 6.20. The summed E-state index contributed by atoms with van der Waals surface area (Å²) in [6.07, 6.45) is 0.881. The van der Waals surface area contributed by atoms with E-state index in [4.69, 9.17) is 9.47 Å². The predicted molar refractivity (Wildman–Crippen MR) is 198 cm³/mol. The van der Waals surface area contributed by atoms with Gasteiger partial charge < -0.3 is 19.3 Å². The van der Waals surface area contributed by atoms with Crippen molar-refractivity contribution in [3.8, 4) is 11.5 Å². The summed E-state index contributed by atoms with van der Waals surface area (Å²) < 4.78 is 12.2. The second-order valence-electron chi connectivity index (χ2n) is 15.4. The zero-order chi connectivity index (χ0) is 32.7. The topological polar surface area (TPSA) is 24.9 Å². The molecule has 4 nitrogen and oxygen atoms in total. The number of ether oxygens (including phenoxy) is 2. The van der Waals surface area contributed by atoms with Crippen molar-refractivity contribution in [2.24, 2.45) is 0 Å². The monoisotopic (exact) mass is 618 g/mol. The number of nitrogens with zero attached hydrogens (tertiary/aromatic N) is 2. The molecule has 3 heterocycles. The van der Waals surface area contributed by atoms with Gasteiger partial charge in [-0.15, -0.1) is 0 Å². The van der Waals surface area contributed by atoms with Crippen molar-refractivity contribution < 1.29 is 9.47 Å². The molecule has 0 saturated heterocycles. The Labute approximate surface area is 280 Å². The van der Waals surface area contributed by atoms with Gasteiger partial charge in [0.05, 0.1) is 18.9 Å². The molecule has 0 radical (unpaired) electrons. The van der Waals surface area contributed by atoms with E-state index in [1.165, 1.54) is 61.5 Å². The number of rotatable bonds is 2. The summed E-state index contributed by atoms with van der Waals surface area (Å²) in [6.45, 7) is 17.4. The zero-order valence-electron chi connectivity index (χ0n) is 28.6. The smallest absolute Gasteiger partial charge is 0.252 e.